The molecule has 0 aliphatic rings. The first-order valence-corrected chi connectivity index (χ1v) is 4.62. The summed E-state index contributed by atoms with van der Waals surface area (Å²) in [6.07, 6.45) is 1.70. The molecule has 4 nitrogen and oxygen atoms in total. The van der Waals surface area contributed by atoms with Crippen molar-refractivity contribution in [2.75, 3.05) is 11.9 Å². The van der Waals surface area contributed by atoms with Gasteiger partial charge in [0, 0.05) is 6.07 Å². The Hall–Kier alpha value is -2.28. The van der Waals surface area contributed by atoms with Gasteiger partial charge >= 0.3 is 0 Å². The minimum absolute atomic E-state index is 0.276. The van der Waals surface area contributed by atoms with Gasteiger partial charge in [-0.15, -0.1) is 0 Å². The molecule has 0 saturated heterocycles. The summed E-state index contributed by atoms with van der Waals surface area (Å²) in [7, 11) is 0. The van der Waals surface area contributed by atoms with E-state index in [2.05, 4.69) is 10.4 Å². The molecule has 74 valence electrons. The molecule has 0 aliphatic carbocycles. The zero-order valence-electron chi connectivity index (χ0n) is 8.09. The Morgan fingerprint density at radius 1 is 1.27 bits per heavy atom. The number of anilines is 1. The van der Waals surface area contributed by atoms with Crippen LogP contribution in [0.2, 0.25) is 0 Å². The van der Waals surface area contributed by atoms with Gasteiger partial charge in [0.05, 0.1) is 18.0 Å². The second kappa shape index (κ2) is 4.29. The largest absolute Gasteiger partial charge is 0.357 e. The van der Waals surface area contributed by atoms with E-state index in [1.54, 1.807) is 10.9 Å². The van der Waals surface area contributed by atoms with E-state index >= 15 is 0 Å². The van der Waals surface area contributed by atoms with Gasteiger partial charge in [-0.25, -0.2) is 4.68 Å². The minimum Gasteiger partial charge on any atom is -0.357 e. The highest BCUT2D eigenvalue weighted by Gasteiger charge is 2.02. The molecular formula is C11H10N4. The third-order valence-electron chi connectivity index (χ3n) is 1.99. The van der Waals surface area contributed by atoms with Crippen LogP contribution in [0.5, 0.6) is 0 Å². The number of nitriles is 1. The van der Waals surface area contributed by atoms with Gasteiger partial charge in [0.2, 0.25) is 0 Å². The summed E-state index contributed by atoms with van der Waals surface area (Å²) in [5, 5.41) is 15.6. The summed E-state index contributed by atoms with van der Waals surface area (Å²) in [5.74, 6) is 0.822. The molecule has 0 aliphatic heterocycles. The second-order valence-electron chi connectivity index (χ2n) is 2.98. The van der Waals surface area contributed by atoms with Crippen molar-refractivity contribution in [3.05, 3.63) is 42.6 Å². The van der Waals surface area contributed by atoms with Crippen LogP contribution < -0.4 is 5.32 Å². The molecule has 0 unspecified atom stereocenters. The van der Waals surface area contributed by atoms with Crippen molar-refractivity contribution in [1.82, 2.24) is 9.78 Å². The Balaban J connectivity index is 2.30. The van der Waals surface area contributed by atoms with Crippen molar-refractivity contribution >= 4 is 5.82 Å². The molecule has 0 atom stereocenters. The summed E-state index contributed by atoms with van der Waals surface area (Å²) >= 11 is 0. The number of hydrogen-bond donors (Lipinski definition) is 1. The molecule has 2 aromatic rings. The minimum atomic E-state index is 0.276. The van der Waals surface area contributed by atoms with Crippen LogP contribution in [-0.2, 0) is 0 Å². The Labute approximate surface area is 87.8 Å². The van der Waals surface area contributed by atoms with Gasteiger partial charge in [-0.05, 0) is 12.1 Å². The molecule has 4 heteroatoms. The average Bonchev–Trinajstić information content (AvgIpc) is 2.75. The number of nitrogens with one attached hydrogen (secondary N) is 1. The number of aromatic nitrogens is 2. The van der Waals surface area contributed by atoms with Gasteiger partial charge in [0.15, 0.2) is 0 Å². The van der Waals surface area contributed by atoms with Crippen LogP contribution in [0, 0.1) is 11.3 Å². The maximum absolute atomic E-state index is 8.48. The number of nitrogens with zero attached hydrogens (tertiary/aromatic N) is 3. The Morgan fingerprint density at radius 3 is 2.80 bits per heavy atom. The summed E-state index contributed by atoms with van der Waals surface area (Å²) in [6, 6.07) is 13.6. The highest BCUT2D eigenvalue weighted by Crippen LogP contribution is 2.13. The van der Waals surface area contributed by atoms with Crippen LogP contribution >= 0.6 is 0 Å². The van der Waals surface area contributed by atoms with E-state index in [9.17, 15) is 0 Å². The fraction of sp³-hybridized carbons (Fsp3) is 0.0909. The van der Waals surface area contributed by atoms with Crippen molar-refractivity contribution in [3.8, 4) is 11.8 Å². The smallest absolute Gasteiger partial charge is 0.130 e. The fourth-order valence-electron chi connectivity index (χ4n) is 1.34. The molecule has 0 bridgehead atoms. The van der Waals surface area contributed by atoms with Gasteiger partial charge in [-0.1, -0.05) is 18.2 Å². The van der Waals surface area contributed by atoms with E-state index in [0.717, 1.165) is 11.5 Å². The quantitative estimate of drug-likeness (QED) is 0.765. The van der Waals surface area contributed by atoms with Crippen LogP contribution in [0.25, 0.3) is 5.69 Å². The van der Waals surface area contributed by atoms with Crippen molar-refractivity contribution in [3.63, 3.8) is 0 Å². The van der Waals surface area contributed by atoms with Crippen LogP contribution in [-0.4, -0.2) is 16.3 Å². The molecule has 0 saturated carbocycles. The van der Waals surface area contributed by atoms with Crippen molar-refractivity contribution in [2.24, 2.45) is 0 Å². The zero-order chi connectivity index (χ0) is 10.5. The molecule has 0 fully saturated rings. The van der Waals surface area contributed by atoms with Crippen molar-refractivity contribution in [2.45, 2.75) is 0 Å². The van der Waals surface area contributed by atoms with Crippen LogP contribution in [0.1, 0.15) is 0 Å². The predicted molar refractivity (Wildman–Crippen MR) is 57.7 cm³/mol. The molecule has 1 aromatic heterocycles. The maximum atomic E-state index is 8.48. The number of para-hydroxylation sites is 1. The molecule has 0 amide bonds. The summed E-state index contributed by atoms with van der Waals surface area (Å²) < 4.78 is 1.76. The molecule has 1 heterocycles. The van der Waals surface area contributed by atoms with Gasteiger partial charge in [-0.3, -0.25) is 0 Å². The van der Waals surface area contributed by atoms with Gasteiger partial charge in [-0.2, -0.15) is 10.4 Å². The first-order chi connectivity index (χ1) is 7.42. The third-order valence-corrected chi connectivity index (χ3v) is 1.99. The van der Waals surface area contributed by atoms with Crippen molar-refractivity contribution < 1.29 is 0 Å². The van der Waals surface area contributed by atoms with E-state index in [0.29, 0.717) is 0 Å². The summed E-state index contributed by atoms with van der Waals surface area (Å²) in [5.41, 5.74) is 0.975. The molecule has 1 aromatic carbocycles. The lowest BCUT2D eigenvalue weighted by Gasteiger charge is -2.06. The molecule has 1 N–H and O–H groups in total. The number of rotatable bonds is 3. The first kappa shape index (κ1) is 9.28. The van der Waals surface area contributed by atoms with E-state index in [1.165, 1.54) is 0 Å². The van der Waals surface area contributed by atoms with E-state index in [4.69, 9.17) is 5.26 Å². The van der Waals surface area contributed by atoms with E-state index in [1.807, 2.05) is 42.5 Å². The lowest BCUT2D eigenvalue weighted by Crippen LogP contribution is -2.06. The Morgan fingerprint density at radius 2 is 2.07 bits per heavy atom. The fourth-order valence-corrected chi connectivity index (χ4v) is 1.34. The molecular weight excluding hydrogens is 188 g/mol. The Bertz CT molecular complexity index is 467. The van der Waals surface area contributed by atoms with Crippen LogP contribution in [0.15, 0.2) is 42.6 Å². The van der Waals surface area contributed by atoms with E-state index < -0.39 is 0 Å². The lowest BCUT2D eigenvalue weighted by molar-refractivity contribution is 0.882. The topological polar surface area (TPSA) is 53.6 Å². The highest BCUT2D eigenvalue weighted by molar-refractivity contribution is 5.44. The maximum Gasteiger partial charge on any atom is 0.130 e. The monoisotopic (exact) mass is 198 g/mol. The summed E-state index contributed by atoms with van der Waals surface area (Å²) in [4.78, 5) is 0. The zero-order valence-corrected chi connectivity index (χ0v) is 8.09. The molecule has 0 radical (unpaired) electrons. The Kier molecular flexibility index (Phi) is 2.65. The standard InChI is InChI=1S/C11H10N4/c12-7-9-13-11-6-8-14-15(11)10-4-2-1-3-5-10/h1-6,8,13H,9H2. The third kappa shape index (κ3) is 1.97. The average molecular weight is 198 g/mol. The van der Waals surface area contributed by atoms with E-state index in [-0.39, 0.29) is 6.54 Å². The SMILES string of the molecule is N#CCNc1ccnn1-c1ccccc1. The number of hydrogen-bond acceptors (Lipinski definition) is 3. The van der Waals surface area contributed by atoms with Gasteiger partial charge < -0.3 is 5.32 Å². The normalized spacial score (nSPS) is 9.53. The molecule has 2 rings (SSSR count). The predicted octanol–water partition coefficient (Wildman–Crippen LogP) is 1.81. The highest BCUT2D eigenvalue weighted by atomic mass is 15.3. The van der Waals surface area contributed by atoms with Crippen LogP contribution in [0.3, 0.4) is 0 Å². The lowest BCUT2D eigenvalue weighted by atomic mass is 10.3. The summed E-state index contributed by atoms with van der Waals surface area (Å²) in [6.45, 7) is 0.276. The second-order valence-corrected chi connectivity index (χ2v) is 2.98. The molecule has 0 spiro atoms. The van der Waals surface area contributed by atoms with Crippen molar-refractivity contribution in [1.29, 1.82) is 5.26 Å². The number of benzene rings is 1. The first-order valence-electron chi connectivity index (χ1n) is 4.62. The molecule has 15 heavy (non-hydrogen) atoms. The van der Waals surface area contributed by atoms with Gasteiger partial charge in [0.25, 0.3) is 0 Å². The van der Waals surface area contributed by atoms with Gasteiger partial charge in [0.1, 0.15) is 12.4 Å². The van der Waals surface area contributed by atoms with Crippen LogP contribution in [0.4, 0.5) is 5.82 Å².